The number of imide groups is 1. The number of hydrogen-bond acceptors (Lipinski definition) is 3. The first-order valence-electron chi connectivity index (χ1n) is 7.50. The lowest BCUT2D eigenvalue weighted by atomic mass is 9.92. The summed E-state index contributed by atoms with van der Waals surface area (Å²) in [5.41, 5.74) is -0.783. The van der Waals surface area contributed by atoms with Crippen LogP contribution >= 0.6 is 0 Å². The Morgan fingerprint density at radius 3 is 2.08 bits per heavy atom. The number of nitrogens with zero attached hydrogens (tertiary/aromatic N) is 1. The van der Waals surface area contributed by atoms with Crippen LogP contribution in [-0.4, -0.2) is 29.2 Å². The van der Waals surface area contributed by atoms with E-state index in [1.54, 1.807) is 0 Å². The molecule has 7 heteroatoms. The SMILES string of the molecule is C[C@]1(c2ccc(F)cc2)NC(=O)N(CC(=O)c2ccc(F)cc2)C1=O. The largest absolute Gasteiger partial charge is 0.325 e. The zero-order valence-electron chi connectivity index (χ0n) is 13.3. The van der Waals surface area contributed by atoms with E-state index in [4.69, 9.17) is 0 Å². The number of nitrogens with one attached hydrogen (secondary N) is 1. The maximum Gasteiger partial charge on any atom is 0.325 e. The lowest BCUT2D eigenvalue weighted by Gasteiger charge is -2.22. The maximum absolute atomic E-state index is 13.1. The molecule has 1 aliphatic heterocycles. The fourth-order valence-corrected chi connectivity index (χ4v) is 2.69. The van der Waals surface area contributed by atoms with E-state index in [1.807, 2.05) is 0 Å². The van der Waals surface area contributed by atoms with Gasteiger partial charge in [0.05, 0.1) is 6.54 Å². The van der Waals surface area contributed by atoms with E-state index in [9.17, 15) is 23.2 Å². The van der Waals surface area contributed by atoms with Crippen LogP contribution in [0, 0.1) is 11.6 Å². The number of halogens is 2. The Kier molecular flexibility index (Phi) is 4.08. The minimum Gasteiger partial charge on any atom is -0.319 e. The van der Waals surface area contributed by atoms with Gasteiger partial charge in [-0.3, -0.25) is 14.5 Å². The van der Waals surface area contributed by atoms with Crippen LogP contribution < -0.4 is 5.32 Å². The van der Waals surface area contributed by atoms with Crippen LogP contribution in [0.3, 0.4) is 0 Å². The zero-order valence-corrected chi connectivity index (χ0v) is 13.3. The van der Waals surface area contributed by atoms with Crippen molar-refractivity contribution in [3.63, 3.8) is 0 Å². The summed E-state index contributed by atoms with van der Waals surface area (Å²) in [6.45, 7) is 1.02. The van der Waals surface area contributed by atoms with Gasteiger partial charge in [-0.05, 0) is 48.9 Å². The molecule has 2 aromatic carbocycles. The number of benzene rings is 2. The Labute approximate surface area is 142 Å². The molecule has 0 spiro atoms. The topological polar surface area (TPSA) is 66.5 Å². The normalized spacial score (nSPS) is 19.9. The molecular formula is C18H14F2N2O3. The predicted octanol–water partition coefficient (Wildman–Crippen LogP) is 2.61. The summed E-state index contributed by atoms with van der Waals surface area (Å²) in [7, 11) is 0. The van der Waals surface area contributed by atoms with Crippen molar-refractivity contribution < 1.29 is 23.2 Å². The summed E-state index contributed by atoms with van der Waals surface area (Å²) in [5, 5.41) is 2.53. The van der Waals surface area contributed by atoms with Crippen LogP contribution in [0.2, 0.25) is 0 Å². The number of urea groups is 1. The first-order chi connectivity index (χ1) is 11.8. The summed E-state index contributed by atoms with van der Waals surface area (Å²) in [6, 6.07) is 9.29. The number of hydrogen-bond donors (Lipinski definition) is 1. The van der Waals surface area contributed by atoms with Gasteiger partial charge in [0.1, 0.15) is 17.2 Å². The second-order valence-corrected chi connectivity index (χ2v) is 5.88. The molecule has 1 N–H and O–H groups in total. The molecule has 1 heterocycles. The van der Waals surface area contributed by atoms with Crippen molar-refractivity contribution in [1.29, 1.82) is 0 Å². The Hall–Kier alpha value is -3.09. The van der Waals surface area contributed by atoms with Gasteiger partial charge in [0.15, 0.2) is 5.78 Å². The standard InChI is InChI=1S/C18H14F2N2O3/c1-18(12-4-8-14(20)9-5-12)16(24)22(17(25)21-18)10-15(23)11-2-6-13(19)7-3-11/h2-9H,10H2,1H3,(H,21,25)/t18-/m1/s1. The van der Waals surface area contributed by atoms with Gasteiger partial charge in [0, 0.05) is 5.56 Å². The van der Waals surface area contributed by atoms with E-state index in [1.165, 1.54) is 43.3 Å². The quantitative estimate of drug-likeness (QED) is 0.685. The van der Waals surface area contributed by atoms with Crippen molar-refractivity contribution in [3.8, 4) is 0 Å². The molecule has 1 saturated heterocycles. The molecule has 0 unspecified atom stereocenters. The smallest absolute Gasteiger partial charge is 0.319 e. The summed E-state index contributed by atoms with van der Waals surface area (Å²) in [6.07, 6.45) is 0. The number of ketones is 1. The zero-order chi connectivity index (χ0) is 18.2. The fraction of sp³-hybridized carbons (Fsp3) is 0.167. The van der Waals surface area contributed by atoms with Crippen LogP contribution in [0.4, 0.5) is 13.6 Å². The van der Waals surface area contributed by atoms with E-state index in [0.29, 0.717) is 5.56 Å². The van der Waals surface area contributed by atoms with Crippen molar-refractivity contribution in [2.75, 3.05) is 6.54 Å². The van der Waals surface area contributed by atoms with Crippen molar-refractivity contribution >= 4 is 17.7 Å². The molecular weight excluding hydrogens is 330 g/mol. The molecule has 1 fully saturated rings. The van der Waals surface area contributed by atoms with E-state index in [2.05, 4.69) is 5.32 Å². The lowest BCUT2D eigenvalue weighted by molar-refractivity contribution is -0.130. The highest BCUT2D eigenvalue weighted by atomic mass is 19.1. The van der Waals surface area contributed by atoms with E-state index in [-0.39, 0.29) is 5.56 Å². The molecule has 0 bridgehead atoms. The summed E-state index contributed by atoms with van der Waals surface area (Å²) in [5.74, 6) is -2.06. The molecule has 0 saturated carbocycles. The van der Waals surface area contributed by atoms with Gasteiger partial charge in [0.2, 0.25) is 0 Å². The molecule has 0 radical (unpaired) electrons. The first kappa shape index (κ1) is 16.8. The Bertz CT molecular complexity index is 850. The number of carbonyl (C=O) groups is 3. The fourth-order valence-electron chi connectivity index (χ4n) is 2.69. The van der Waals surface area contributed by atoms with Gasteiger partial charge in [-0.15, -0.1) is 0 Å². The highest BCUT2D eigenvalue weighted by Gasteiger charge is 2.49. The summed E-state index contributed by atoms with van der Waals surface area (Å²) in [4.78, 5) is 37.9. The molecule has 0 aromatic heterocycles. The van der Waals surface area contributed by atoms with Gasteiger partial charge in [0.25, 0.3) is 5.91 Å². The van der Waals surface area contributed by atoms with Crippen molar-refractivity contribution in [1.82, 2.24) is 10.2 Å². The molecule has 2 aromatic rings. The van der Waals surface area contributed by atoms with Crippen LogP contribution in [-0.2, 0) is 10.3 Å². The van der Waals surface area contributed by atoms with Gasteiger partial charge in [-0.2, -0.15) is 0 Å². The van der Waals surface area contributed by atoms with Crippen LogP contribution in [0.15, 0.2) is 48.5 Å². The average molecular weight is 344 g/mol. The molecule has 5 nitrogen and oxygen atoms in total. The number of amides is 3. The number of carbonyl (C=O) groups excluding carboxylic acids is 3. The minimum absolute atomic E-state index is 0.192. The van der Waals surface area contributed by atoms with Crippen LogP contribution in [0.25, 0.3) is 0 Å². The monoisotopic (exact) mass is 344 g/mol. The minimum atomic E-state index is -1.38. The Morgan fingerprint density at radius 2 is 1.52 bits per heavy atom. The Morgan fingerprint density at radius 1 is 1.00 bits per heavy atom. The van der Waals surface area contributed by atoms with E-state index in [0.717, 1.165) is 17.0 Å². The third kappa shape index (κ3) is 3.00. The summed E-state index contributed by atoms with van der Waals surface area (Å²) < 4.78 is 26.0. The van der Waals surface area contributed by atoms with Gasteiger partial charge in [-0.25, -0.2) is 13.6 Å². The number of rotatable bonds is 4. The molecule has 3 rings (SSSR count). The predicted molar refractivity (Wildman–Crippen MR) is 84.7 cm³/mol. The second kappa shape index (κ2) is 6.08. The van der Waals surface area contributed by atoms with E-state index < -0.39 is 41.4 Å². The van der Waals surface area contributed by atoms with E-state index >= 15 is 0 Å². The van der Waals surface area contributed by atoms with Gasteiger partial charge >= 0.3 is 6.03 Å². The van der Waals surface area contributed by atoms with Crippen LogP contribution in [0.5, 0.6) is 0 Å². The van der Waals surface area contributed by atoms with Crippen molar-refractivity contribution in [3.05, 3.63) is 71.3 Å². The van der Waals surface area contributed by atoms with Crippen molar-refractivity contribution in [2.24, 2.45) is 0 Å². The van der Waals surface area contributed by atoms with Crippen LogP contribution in [0.1, 0.15) is 22.8 Å². The number of Topliss-reactive ketones (excluding diaryl/α,β-unsaturated/α-hetero) is 1. The maximum atomic E-state index is 13.1. The highest BCUT2D eigenvalue weighted by molar-refractivity contribution is 6.11. The first-order valence-corrected chi connectivity index (χ1v) is 7.50. The molecule has 3 amide bonds. The highest BCUT2D eigenvalue weighted by Crippen LogP contribution is 2.29. The average Bonchev–Trinajstić information content (AvgIpc) is 2.80. The third-order valence-corrected chi connectivity index (χ3v) is 4.16. The molecule has 128 valence electrons. The second-order valence-electron chi connectivity index (χ2n) is 5.88. The lowest BCUT2D eigenvalue weighted by Crippen LogP contribution is -2.41. The third-order valence-electron chi connectivity index (χ3n) is 4.16. The molecule has 1 aliphatic rings. The summed E-state index contributed by atoms with van der Waals surface area (Å²) >= 11 is 0. The molecule has 0 aliphatic carbocycles. The van der Waals surface area contributed by atoms with Crippen molar-refractivity contribution in [2.45, 2.75) is 12.5 Å². The van der Waals surface area contributed by atoms with Gasteiger partial charge in [-0.1, -0.05) is 12.1 Å². The Balaban J connectivity index is 1.82. The molecule has 25 heavy (non-hydrogen) atoms. The molecule has 1 atom stereocenters. The van der Waals surface area contributed by atoms with Gasteiger partial charge < -0.3 is 5.32 Å².